The lowest BCUT2D eigenvalue weighted by Crippen LogP contribution is -2.09. The Kier molecular flexibility index (Phi) is 3.03. The highest BCUT2D eigenvalue weighted by atomic mass is 32.2. The number of nitrogen functional groups attached to an aromatic ring is 2. The molecular weight excluding hydrogens is 274 g/mol. The first-order valence-corrected chi connectivity index (χ1v) is 6.63. The first-order valence-electron chi connectivity index (χ1n) is 5.81. The molecule has 0 saturated heterocycles. The first-order chi connectivity index (χ1) is 9.63. The zero-order valence-corrected chi connectivity index (χ0v) is 11.1. The number of anilines is 2. The molecule has 0 bridgehead atoms. The molecule has 3 rings (SSSR count). The number of benzene rings is 1. The van der Waals surface area contributed by atoms with Crippen LogP contribution < -0.4 is 17.0 Å². The van der Waals surface area contributed by atoms with Gasteiger partial charge in [-0.1, -0.05) is 17.8 Å². The third-order valence-electron chi connectivity index (χ3n) is 2.71. The van der Waals surface area contributed by atoms with Crippen molar-refractivity contribution >= 4 is 34.2 Å². The van der Waals surface area contributed by atoms with E-state index < -0.39 is 0 Å². The predicted molar refractivity (Wildman–Crippen MR) is 79.5 cm³/mol. The van der Waals surface area contributed by atoms with E-state index in [0.29, 0.717) is 10.8 Å². The molecule has 0 saturated carbocycles. The summed E-state index contributed by atoms with van der Waals surface area (Å²) in [5.41, 5.74) is 12.5. The highest BCUT2D eigenvalue weighted by molar-refractivity contribution is 7.99. The quantitative estimate of drug-likeness (QED) is 0.487. The minimum Gasteiger partial charge on any atom is -0.397 e. The van der Waals surface area contributed by atoms with E-state index in [1.165, 1.54) is 17.8 Å². The Morgan fingerprint density at radius 1 is 1.20 bits per heavy atom. The Morgan fingerprint density at radius 3 is 2.85 bits per heavy atom. The fraction of sp³-hybridized carbons (Fsp3) is 0. The van der Waals surface area contributed by atoms with Gasteiger partial charge >= 0.3 is 0 Å². The number of hydrogen-bond acceptors (Lipinski definition) is 6. The van der Waals surface area contributed by atoms with Crippen LogP contribution in [0.5, 0.6) is 0 Å². The van der Waals surface area contributed by atoms with Gasteiger partial charge < -0.3 is 16.5 Å². The van der Waals surface area contributed by atoms with E-state index in [4.69, 9.17) is 11.5 Å². The molecule has 2 aromatic heterocycles. The van der Waals surface area contributed by atoms with Crippen LogP contribution in [0.3, 0.4) is 0 Å². The summed E-state index contributed by atoms with van der Waals surface area (Å²) >= 11 is 1.31. The van der Waals surface area contributed by atoms with Crippen molar-refractivity contribution < 1.29 is 0 Å². The van der Waals surface area contributed by atoms with Gasteiger partial charge in [-0.3, -0.25) is 9.78 Å². The average molecular weight is 285 g/mol. The van der Waals surface area contributed by atoms with Crippen LogP contribution >= 0.6 is 11.8 Å². The Labute approximate surface area is 118 Å². The number of nitrogens with one attached hydrogen (secondary N) is 1. The normalized spacial score (nSPS) is 10.8. The molecule has 6 nitrogen and oxygen atoms in total. The standard InChI is InChI=1S/C13H11N5OS/c14-8-3-4-9(7-2-1-5-16-12(7)8)20-13-17-10(15)6-11(19)18-13/h1-6H,14H2,(H3,15,17,18,19). The summed E-state index contributed by atoms with van der Waals surface area (Å²) in [6, 6.07) is 8.65. The molecule has 5 N–H and O–H groups in total. The van der Waals surface area contributed by atoms with Gasteiger partial charge in [0.1, 0.15) is 5.82 Å². The molecule has 0 radical (unpaired) electrons. The molecule has 7 heteroatoms. The lowest BCUT2D eigenvalue weighted by molar-refractivity contribution is 0.946. The van der Waals surface area contributed by atoms with Crippen molar-refractivity contribution in [3.8, 4) is 0 Å². The van der Waals surface area contributed by atoms with Gasteiger partial charge in [0.05, 0.1) is 11.2 Å². The van der Waals surface area contributed by atoms with Crippen LogP contribution in [-0.2, 0) is 0 Å². The molecule has 100 valence electrons. The van der Waals surface area contributed by atoms with Gasteiger partial charge in [0.15, 0.2) is 5.16 Å². The Bertz CT molecular complexity index is 846. The van der Waals surface area contributed by atoms with Gasteiger partial charge in [0.2, 0.25) is 0 Å². The number of H-pyrrole nitrogens is 1. The van der Waals surface area contributed by atoms with Crippen LogP contribution in [0.1, 0.15) is 0 Å². The van der Waals surface area contributed by atoms with Crippen molar-refractivity contribution in [2.24, 2.45) is 0 Å². The zero-order valence-electron chi connectivity index (χ0n) is 10.3. The van der Waals surface area contributed by atoms with Crippen LogP contribution in [0.25, 0.3) is 10.9 Å². The molecule has 0 aliphatic rings. The molecule has 2 heterocycles. The maximum Gasteiger partial charge on any atom is 0.253 e. The molecule has 0 amide bonds. The topological polar surface area (TPSA) is 111 Å². The molecule has 0 aliphatic carbocycles. The number of hydrogen-bond donors (Lipinski definition) is 3. The lowest BCUT2D eigenvalue weighted by atomic mass is 10.2. The molecule has 0 atom stereocenters. The van der Waals surface area contributed by atoms with E-state index >= 15 is 0 Å². The van der Waals surface area contributed by atoms with E-state index in [1.807, 2.05) is 18.2 Å². The van der Waals surface area contributed by atoms with Gasteiger partial charge in [0, 0.05) is 22.5 Å². The van der Waals surface area contributed by atoms with Crippen LogP contribution in [-0.4, -0.2) is 15.0 Å². The molecule has 20 heavy (non-hydrogen) atoms. The summed E-state index contributed by atoms with van der Waals surface area (Å²) < 4.78 is 0. The van der Waals surface area contributed by atoms with Crippen molar-refractivity contribution in [1.29, 1.82) is 0 Å². The second kappa shape index (κ2) is 4.86. The third-order valence-corrected chi connectivity index (χ3v) is 3.67. The van der Waals surface area contributed by atoms with E-state index in [9.17, 15) is 4.79 Å². The molecule has 3 aromatic rings. The largest absolute Gasteiger partial charge is 0.397 e. The monoisotopic (exact) mass is 285 g/mol. The van der Waals surface area contributed by atoms with Crippen molar-refractivity contribution in [2.45, 2.75) is 10.1 Å². The van der Waals surface area contributed by atoms with Crippen LogP contribution in [0.15, 0.2) is 51.4 Å². The Balaban J connectivity index is 2.11. The van der Waals surface area contributed by atoms with E-state index in [1.54, 1.807) is 12.3 Å². The maximum absolute atomic E-state index is 11.4. The molecule has 0 unspecified atom stereocenters. The van der Waals surface area contributed by atoms with Crippen molar-refractivity contribution in [3.05, 3.63) is 46.9 Å². The second-order valence-corrected chi connectivity index (χ2v) is 5.16. The summed E-state index contributed by atoms with van der Waals surface area (Å²) in [5, 5.41) is 1.34. The minimum atomic E-state index is -0.280. The fourth-order valence-electron chi connectivity index (χ4n) is 1.86. The highest BCUT2D eigenvalue weighted by Gasteiger charge is 2.08. The fourth-order valence-corrected chi connectivity index (χ4v) is 2.78. The highest BCUT2D eigenvalue weighted by Crippen LogP contribution is 2.33. The predicted octanol–water partition coefficient (Wildman–Crippen LogP) is 1.63. The number of fused-ring (bicyclic) bond motifs is 1. The first kappa shape index (κ1) is 12.5. The summed E-state index contributed by atoms with van der Waals surface area (Å²) in [6.45, 7) is 0. The van der Waals surface area contributed by atoms with E-state index in [2.05, 4.69) is 15.0 Å². The van der Waals surface area contributed by atoms with Gasteiger partial charge in [-0.15, -0.1) is 0 Å². The number of nitrogens with zero attached hydrogens (tertiary/aromatic N) is 2. The molecule has 0 fully saturated rings. The van der Waals surface area contributed by atoms with Crippen LogP contribution in [0.4, 0.5) is 11.5 Å². The van der Waals surface area contributed by atoms with Crippen molar-refractivity contribution in [3.63, 3.8) is 0 Å². The molecule has 0 spiro atoms. The second-order valence-electron chi connectivity index (χ2n) is 4.13. The summed E-state index contributed by atoms with van der Waals surface area (Å²) in [6.07, 6.45) is 1.69. The summed E-state index contributed by atoms with van der Waals surface area (Å²) in [4.78, 5) is 23.3. The zero-order chi connectivity index (χ0) is 14.1. The molecule has 0 aliphatic heterocycles. The number of rotatable bonds is 2. The number of aromatic nitrogens is 3. The van der Waals surface area contributed by atoms with E-state index in [-0.39, 0.29) is 11.4 Å². The van der Waals surface area contributed by atoms with Gasteiger partial charge in [0.25, 0.3) is 5.56 Å². The number of pyridine rings is 1. The molecular formula is C13H11N5OS. The Hall–Kier alpha value is -2.54. The summed E-state index contributed by atoms with van der Waals surface area (Å²) in [7, 11) is 0. The lowest BCUT2D eigenvalue weighted by Gasteiger charge is -2.07. The van der Waals surface area contributed by atoms with E-state index in [0.717, 1.165) is 15.8 Å². The van der Waals surface area contributed by atoms with Crippen molar-refractivity contribution in [1.82, 2.24) is 15.0 Å². The summed E-state index contributed by atoms with van der Waals surface area (Å²) in [5.74, 6) is 0.189. The molecule has 1 aromatic carbocycles. The van der Waals surface area contributed by atoms with Crippen LogP contribution in [0.2, 0.25) is 0 Å². The minimum absolute atomic E-state index is 0.189. The number of aromatic amines is 1. The SMILES string of the molecule is Nc1cc(=O)[nH]c(Sc2ccc(N)c3ncccc23)n1. The average Bonchev–Trinajstić information content (AvgIpc) is 2.41. The van der Waals surface area contributed by atoms with Gasteiger partial charge in [-0.2, -0.15) is 0 Å². The smallest absolute Gasteiger partial charge is 0.253 e. The van der Waals surface area contributed by atoms with Gasteiger partial charge in [-0.05, 0) is 18.2 Å². The van der Waals surface area contributed by atoms with Crippen molar-refractivity contribution in [2.75, 3.05) is 11.5 Å². The van der Waals surface area contributed by atoms with Gasteiger partial charge in [-0.25, -0.2) is 4.98 Å². The number of nitrogens with two attached hydrogens (primary N) is 2. The third kappa shape index (κ3) is 2.30. The Morgan fingerprint density at radius 2 is 2.05 bits per heavy atom. The maximum atomic E-state index is 11.4. The van der Waals surface area contributed by atoms with Crippen LogP contribution in [0, 0.1) is 0 Å².